The number of nitrogens with zero attached hydrogens (tertiary/aromatic N) is 2. The lowest BCUT2D eigenvalue weighted by atomic mass is 10.2. The molecule has 0 N–H and O–H groups in total. The predicted octanol–water partition coefficient (Wildman–Crippen LogP) is 2.10. The molecule has 0 atom stereocenters. The lowest BCUT2D eigenvalue weighted by molar-refractivity contribution is 0.111. The lowest BCUT2D eigenvalue weighted by Gasteiger charge is -2.04. The van der Waals surface area contributed by atoms with Crippen LogP contribution >= 0.6 is 0 Å². The molecular weight excluding hydrogens is 188 g/mol. The average molecular weight is 202 g/mol. The highest BCUT2D eigenvalue weighted by Crippen LogP contribution is 2.00. The van der Waals surface area contributed by atoms with E-state index in [-0.39, 0.29) is 0 Å². The highest BCUT2D eigenvalue weighted by Gasteiger charge is 1.93. The van der Waals surface area contributed by atoms with Crippen molar-refractivity contribution in [2.24, 2.45) is 0 Å². The first kappa shape index (κ1) is 9.93. The van der Waals surface area contributed by atoms with Crippen molar-refractivity contribution in [1.29, 1.82) is 0 Å². The van der Waals surface area contributed by atoms with Crippen molar-refractivity contribution in [2.75, 3.05) is 6.61 Å². The molecular formula is C12H14N2O. The minimum atomic E-state index is 0.669. The Morgan fingerprint density at radius 1 is 1.13 bits per heavy atom. The molecule has 0 amide bonds. The van der Waals surface area contributed by atoms with E-state index >= 15 is 0 Å². The highest BCUT2D eigenvalue weighted by atomic mass is 16.5. The summed E-state index contributed by atoms with van der Waals surface area (Å²) in [5.74, 6) is 0. The van der Waals surface area contributed by atoms with E-state index in [1.165, 1.54) is 5.56 Å². The zero-order valence-electron chi connectivity index (χ0n) is 8.54. The highest BCUT2D eigenvalue weighted by molar-refractivity contribution is 5.13. The van der Waals surface area contributed by atoms with Gasteiger partial charge in [0, 0.05) is 12.4 Å². The Morgan fingerprint density at radius 3 is 2.73 bits per heavy atom. The van der Waals surface area contributed by atoms with E-state index in [1.54, 1.807) is 6.20 Å². The van der Waals surface area contributed by atoms with E-state index in [9.17, 15) is 0 Å². The largest absolute Gasteiger partial charge is 0.375 e. The van der Waals surface area contributed by atoms with Gasteiger partial charge in [0.2, 0.25) is 0 Å². The first-order chi connectivity index (χ1) is 7.45. The van der Waals surface area contributed by atoms with Crippen molar-refractivity contribution in [3.05, 3.63) is 54.4 Å². The SMILES string of the molecule is c1ccc(COCCn2cccn2)cc1. The molecule has 2 rings (SSSR count). The molecule has 0 bridgehead atoms. The maximum atomic E-state index is 5.53. The summed E-state index contributed by atoms with van der Waals surface area (Å²) in [6, 6.07) is 12.1. The van der Waals surface area contributed by atoms with Gasteiger partial charge in [0.15, 0.2) is 0 Å². The summed E-state index contributed by atoms with van der Waals surface area (Å²) in [6.07, 6.45) is 3.71. The first-order valence-corrected chi connectivity index (χ1v) is 5.04. The zero-order chi connectivity index (χ0) is 10.3. The van der Waals surface area contributed by atoms with Gasteiger partial charge in [0.25, 0.3) is 0 Å². The number of ether oxygens (including phenoxy) is 1. The van der Waals surface area contributed by atoms with Gasteiger partial charge < -0.3 is 4.74 Å². The van der Waals surface area contributed by atoms with Crippen LogP contribution in [0.15, 0.2) is 48.8 Å². The predicted molar refractivity (Wildman–Crippen MR) is 58.3 cm³/mol. The molecule has 1 aromatic carbocycles. The van der Waals surface area contributed by atoms with E-state index in [0.29, 0.717) is 13.2 Å². The molecule has 0 aliphatic carbocycles. The maximum Gasteiger partial charge on any atom is 0.0717 e. The topological polar surface area (TPSA) is 27.1 Å². The lowest BCUT2D eigenvalue weighted by Crippen LogP contribution is -2.06. The summed E-state index contributed by atoms with van der Waals surface area (Å²) in [5.41, 5.74) is 1.21. The van der Waals surface area contributed by atoms with Crippen LogP contribution in [-0.4, -0.2) is 16.4 Å². The molecule has 0 aliphatic heterocycles. The number of hydrogen-bond donors (Lipinski definition) is 0. The molecule has 1 aromatic heterocycles. The molecule has 15 heavy (non-hydrogen) atoms. The van der Waals surface area contributed by atoms with E-state index in [2.05, 4.69) is 17.2 Å². The Kier molecular flexibility index (Phi) is 3.52. The van der Waals surface area contributed by atoms with Gasteiger partial charge in [0.05, 0.1) is 19.8 Å². The van der Waals surface area contributed by atoms with Crippen LogP contribution in [0.4, 0.5) is 0 Å². The number of rotatable bonds is 5. The van der Waals surface area contributed by atoms with E-state index in [1.807, 2.05) is 35.1 Å². The Bertz CT molecular complexity index is 370. The van der Waals surface area contributed by atoms with Crippen molar-refractivity contribution in [2.45, 2.75) is 13.2 Å². The second-order valence-electron chi connectivity index (χ2n) is 3.31. The molecule has 0 radical (unpaired) electrons. The Hall–Kier alpha value is -1.61. The second kappa shape index (κ2) is 5.32. The third-order valence-corrected chi connectivity index (χ3v) is 2.14. The van der Waals surface area contributed by atoms with Crippen molar-refractivity contribution < 1.29 is 4.74 Å². The van der Waals surface area contributed by atoms with Crippen LogP contribution in [0.3, 0.4) is 0 Å². The molecule has 78 valence electrons. The van der Waals surface area contributed by atoms with Gasteiger partial charge >= 0.3 is 0 Å². The fourth-order valence-electron chi connectivity index (χ4n) is 1.36. The molecule has 0 saturated carbocycles. The van der Waals surface area contributed by atoms with E-state index in [4.69, 9.17) is 4.74 Å². The summed E-state index contributed by atoms with van der Waals surface area (Å²) in [5, 5.41) is 4.10. The fraction of sp³-hybridized carbons (Fsp3) is 0.250. The summed E-state index contributed by atoms with van der Waals surface area (Å²) in [4.78, 5) is 0. The molecule has 3 heteroatoms. The summed E-state index contributed by atoms with van der Waals surface area (Å²) >= 11 is 0. The second-order valence-corrected chi connectivity index (χ2v) is 3.31. The molecule has 0 fully saturated rings. The Balaban J connectivity index is 1.68. The van der Waals surface area contributed by atoms with Crippen molar-refractivity contribution in [3.8, 4) is 0 Å². The monoisotopic (exact) mass is 202 g/mol. The Morgan fingerprint density at radius 2 is 2.00 bits per heavy atom. The summed E-state index contributed by atoms with van der Waals surface area (Å²) in [7, 11) is 0. The molecule has 3 nitrogen and oxygen atoms in total. The van der Waals surface area contributed by atoms with Gasteiger partial charge in [-0.25, -0.2) is 0 Å². The van der Waals surface area contributed by atoms with E-state index in [0.717, 1.165) is 6.54 Å². The number of aromatic nitrogens is 2. The molecule has 2 aromatic rings. The van der Waals surface area contributed by atoms with Crippen molar-refractivity contribution >= 4 is 0 Å². The van der Waals surface area contributed by atoms with Crippen LogP contribution in [0, 0.1) is 0 Å². The van der Waals surface area contributed by atoms with Gasteiger partial charge in [-0.1, -0.05) is 30.3 Å². The normalized spacial score (nSPS) is 10.4. The van der Waals surface area contributed by atoms with Crippen molar-refractivity contribution in [1.82, 2.24) is 9.78 Å². The summed E-state index contributed by atoms with van der Waals surface area (Å²) < 4.78 is 7.40. The first-order valence-electron chi connectivity index (χ1n) is 5.04. The van der Waals surface area contributed by atoms with Gasteiger partial charge in [-0.05, 0) is 11.6 Å². The van der Waals surface area contributed by atoms with E-state index < -0.39 is 0 Å². The molecule has 1 heterocycles. The third kappa shape index (κ3) is 3.22. The summed E-state index contributed by atoms with van der Waals surface area (Å²) in [6.45, 7) is 2.17. The van der Waals surface area contributed by atoms with Crippen LogP contribution in [0.25, 0.3) is 0 Å². The van der Waals surface area contributed by atoms with Gasteiger partial charge in [-0.15, -0.1) is 0 Å². The quantitative estimate of drug-likeness (QED) is 0.694. The minimum absolute atomic E-state index is 0.669. The smallest absolute Gasteiger partial charge is 0.0717 e. The van der Waals surface area contributed by atoms with Crippen LogP contribution in [0.5, 0.6) is 0 Å². The third-order valence-electron chi connectivity index (χ3n) is 2.14. The van der Waals surface area contributed by atoms with Crippen LogP contribution in [-0.2, 0) is 17.9 Å². The van der Waals surface area contributed by atoms with Gasteiger partial charge in [-0.3, -0.25) is 4.68 Å². The average Bonchev–Trinajstić information content (AvgIpc) is 2.79. The zero-order valence-corrected chi connectivity index (χ0v) is 8.54. The standard InChI is InChI=1S/C12H14N2O/c1-2-5-12(6-3-1)11-15-10-9-14-8-4-7-13-14/h1-8H,9-11H2. The van der Waals surface area contributed by atoms with Crippen LogP contribution < -0.4 is 0 Å². The molecule has 0 spiro atoms. The number of hydrogen-bond acceptors (Lipinski definition) is 2. The van der Waals surface area contributed by atoms with Gasteiger partial charge in [-0.2, -0.15) is 5.10 Å². The minimum Gasteiger partial charge on any atom is -0.375 e. The fourth-order valence-corrected chi connectivity index (χ4v) is 1.36. The molecule has 0 unspecified atom stereocenters. The Labute approximate surface area is 89.3 Å². The van der Waals surface area contributed by atoms with Crippen LogP contribution in [0.2, 0.25) is 0 Å². The van der Waals surface area contributed by atoms with Crippen LogP contribution in [0.1, 0.15) is 5.56 Å². The van der Waals surface area contributed by atoms with Crippen molar-refractivity contribution in [3.63, 3.8) is 0 Å². The molecule has 0 saturated heterocycles. The number of benzene rings is 1. The maximum absolute atomic E-state index is 5.53. The van der Waals surface area contributed by atoms with Gasteiger partial charge in [0.1, 0.15) is 0 Å². The molecule has 0 aliphatic rings.